The molecule has 0 bridgehead atoms. The van der Waals surface area contributed by atoms with E-state index in [4.69, 9.17) is 11.6 Å². The molecule has 0 spiro atoms. The van der Waals surface area contributed by atoms with Crippen LogP contribution in [0.1, 0.15) is 84.1 Å². The number of aliphatic hydroxyl groups is 1. The van der Waals surface area contributed by atoms with Gasteiger partial charge in [-0.05, 0) is 89.0 Å². The molecule has 6 rings (SSSR count). The maximum Gasteiger partial charge on any atom is 0.245 e. The Hall–Kier alpha value is -2.20. The molecule has 1 unspecified atom stereocenters. The van der Waals surface area contributed by atoms with Gasteiger partial charge in [0.2, 0.25) is 17.7 Å². The summed E-state index contributed by atoms with van der Waals surface area (Å²) in [5, 5.41) is 11.0. The molecule has 3 amide bonds. The van der Waals surface area contributed by atoms with Crippen molar-refractivity contribution in [2.45, 2.75) is 103 Å². The molecule has 2 saturated carbocycles. The summed E-state index contributed by atoms with van der Waals surface area (Å²) in [5.74, 6) is -0.291. The van der Waals surface area contributed by atoms with E-state index in [9.17, 15) is 19.5 Å². The van der Waals surface area contributed by atoms with Crippen LogP contribution in [0.4, 0.5) is 0 Å². The van der Waals surface area contributed by atoms with Crippen LogP contribution in [0.2, 0.25) is 5.02 Å². The van der Waals surface area contributed by atoms with Crippen LogP contribution in [-0.2, 0) is 14.4 Å². The Balaban J connectivity index is 1.32. The zero-order valence-corrected chi connectivity index (χ0v) is 29.9. The molecular weight excluding hydrogens is 614 g/mol. The molecule has 3 saturated heterocycles. The van der Waals surface area contributed by atoms with Crippen molar-refractivity contribution in [2.75, 3.05) is 59.5 Å². The van der Waals surface area contributed by atoms with Crippen LogP contribution in [0.3, 0.4) is 0 Å². The fraction of sp³-hybridized carbons (Fsp3) is 0.757. The van der Waals surface area contributed by atoms with Crippen LogP contribution in [-0.4, -0.2) is 131 Å². The van der Waals surface area contributed by atoms with E-state index in [2.05, 4.69) is 30.7 Å². The highest BCUT2D eigenvalue weighted by Gasteiger charge is 2.52. The van der Waals surface area contributed by atoms with Crippen molar-refractivity contribution < 1.29 is 19.5 Å². The highest BCUT2D eigenvalue weighted by Crippen LogP contribution is 2.43. The van der Waals surface area contributed by atoms with E-state index >= 15 is 0 Å². The second kappa shape index (κ2) is 13.6. The van der Waals surface area contributed by atoms with E-state index in [0.717, 1.165) is 50.9 Å². The highest BCUT2D eigenvalue weighted by molar-refractivity contribution is 6.30. The van der Waals surface area contributed by atoms with Crippen LogP contribution in [0.5, 0.6) is 0 Å². The summed E-state index contributed by atoms with van der Waals surface area (Å²) in [4.78, 5) is 54.2. The minimum atomic E-state index is -0.947. The average molecular weight is 670 g/mol. The second-order valence-electron chi connectivity index (χ2n) is 16.6. The number of carbonyl (C=O) groups excluding carboxylic acids is 3. The molecule has 260 valence electrons. The van der Waals surface area contributed by atoms with Gasteiger partial charge in [-0.2, -0.15) is 0 Å². The van der Waals surface area contributed by atoms with Gasteiger partial charge in [0, 0.05) is 68.8 Å². The molecule has 0 radical (unpaired) electrons. The number of benzene rings is 1. The number of aliphatic hydroxyl groups excluding tert-OH is 1. The molecule has 9 nitrogen and oxygen atoms in total. The molecule has 5 fully saturated rings. The smallest absolute Gasteiger partial charge is 0.245 e. The number of nitrogens with zero attached hydrogens (tertiary/aromatic N) is 5. The maximum absolute atomic E-state index is 14.9. The number of carbonyl (C=O) groups is 3. The van der Waals surface area contributed by atoms with Gasteiger partial charge in [0.05, 0.1) is 24.0 Å². The summed E-state index contributed by atoms with van der Waals surface area (Å²) in [6.45, 7) is 12.7. The molecule has 10 heteroatoms. The predicted molar refractivity (Wildman–Crippen MR) is 184 cm³/mol. The first-order chi connectivity index (χ1) is 22.3. The Morgan fingerprint density at radius 3 is 2.15 bits per heavy atom. The lowest BCUT2D eigenvalue weighted by Crippen LogP contribution is -2.55. The van der Waals surface area contributed by atoms with E-state index in [0.29, 0.717) is 43.7 Å². The van der Waals surface area contributed by atoms with Gasteiger partial charge in [0.1, 0.15) is 6.04 Å². The van der Waals surface area contributed by atoms with Gasteiger partial charge in [0.25, 0.3) is 0 Å². The predicted octanol–water partition coefficient (Wildman–Crippen LogP) is 4.08. The molecule has 3 aliphatic heterocycles. The van der Waals surface area contributed by atoms with Gasteiger partial charge in [-0.25, -0.2) is 0 Å². The van der Waals surface area contributed by atoms with Crippen molar-refractivity contribution in [3.05, 3.63) is 34.9 Å². The lowest BCUT2D eigenvalue weighted by molar-refractivity contribution is -0.149. The van der Waals surface area contributed by atoms with E-state index in [1.807, 2.05) is 52.8 Å². The molecule has 1 N–H and O–H groups in total. The lowest BCUT2D eigenvalue weighted by atomic mass is 9.74. The summed E-state index contributed by atoms with van der Waals surface area (Å²) in [6, 6.07) is 7.57. The van der Waals surface area contributed by atoms with Gasteiger partial charge in [-0.15, -0.1) is 0 Å². The van der Waals surface area contributed by atoms with E-state index in [1.54, 1.807) is 0 Å². The van der Waals surface area contributed by atoms with Crippen molar-refractivity contribution in [2.24, 2.45) is 16.7 Å². The Kier molecular flexibility index (Phi) is 10.0. The second-order valence-corrected chi connectivity index (χ2v) is 17.1. The zero-order valence-electron chi connectivity index (χ0n) is 29.2. The van der Waals surface area contributed by atoms with E-state index in [-0.39, 0.29) is 53.7 Å². The third-order valence-electron chi connectivity index (χ3n) is 12.0. The fourth-order valence-electron chi connectivity index (χ4n) is 8.52. The molecule has 2 aliphatic carbocycles. The topological polar surface area (TPSA) is 87.6 Å². The molecule has 4 atom stereocenters. The van der Waals surface area contributed by atoms with E-state index in [1.165, 1.54) is 12.8 Å². The molecule has 1 aromatic rings. The normalized spacial score (nSPS) is 29.3. The van der Waals surface area contributed by atoms with Crippen LogP contribution in [0.15, 0.2) is 24.3 Å². The van der Waals surface area contributed by atoms with Crippen molar-refractivity contribution in [1.29, 1.82) is 0 Å². The van der Waals surface area contributed by atoms with Crippen LogP contribution in [0, 0.1) is 16.7 Å². The molecule has 3 heterocycles. The number of halogens is 1. The third kappa shape index (κ3) is 7.38. The zero-order chi connectivity index (χ0) is 33.7. The minimum absolute atomic E-state index is 0.00707. The Morgan fingerprint density at radius 1 is 0.915 bits per heavy atom. The number of hydrogen-bond acceptors (Lipinski definition) is 6. The SMILES string of the molecule is CN1CCN(C(=O)[C@@H]2CC(N(C(=O)C(C)(C)CO)C3CCC(C)(C)CC3)CN2C(=O)[C@@H]2CN(C3CC3)C[C@H]2c2ccc(Cl)cc2)CC1. The van der Waals surface area contributed by atoms with Gasteiger partial charge in [-0.3, -0.25) is 19.3 Å². The molecule has 1 aromatic carbocycles. The number of hydrogen-bond donors (Lipinski definition) is 1. The van der Waals surface area contributed by atoms with Crippen molar-refractivity contribution in [1.82, 2.24) is 24.5 Å². The first-order valence-electron chi connectivity index (χ1n) is 18.0. The number of amides is 3. The van der Waals surface area contributed by atoms with Crippen LogP contribution >= 0.6 is 11.6 Å². The standard InChI is InChI=1S/C37H56ClN5O4/c1-36(2)14-12-28(13-15-36)43(35(47)37(3,4)24-44)29-20-32(34(46)40-18-16-39(5)17-19-40)42(21-29)33(45)31-23-41(27-10-11-27)22-30(31)25-6-8-26(38)9-7-25/h6-9,27-32,44H,10-24H2,1-5H3/t29?,30-,31+,32-/m0/s1. The Bertz CT molecular complexity index is 1300. The lowest BCUT2D eigenvalue weighted by Gasteiger charge is -2.45. The summed E-state index contributed by atoms with van der Waals surface area (Å²) in [5.41, 5.74) is 0.388. The molecule has 47 heavy (non-hydrogen) atoms. The largest absolute Gasteiger partial charge is 0.395 e. The van der Waals surface area contributed by atoms with Crippen molar-refractivity contribution in [3.63, 3.8) is 0 Å². The molecule has 5 aliphatic rings. The first-order valence-corrected chi connectivity index (χ1v) is 18.4. The summed E-state index contributed by atoms with van der Waals surface area (Å²) < 4.78 is 0. The Labute approximate surface area is 286 Å². The number of rotatable bonds is 8. The average Bonchev–Trinajstić information content (AvgIpc) is 3.66. The molecule has 0 aromatic heterocycles. The summed E-state index contributed by atoms with van der Waals surface area (Å²) >= 11 is 6.26. The summed E-state index contributed by atoms with van der Waals surface area (Å²) in [6.07, 6.45) is 6.58. The van der Waals surface area contributed by atoms with Crippen LogP contribution in [0.25, 0.3) is 0 Å². The van der Waals surface area contributed by atoms with Gasteiger partial charge in [0.15, 0.2) is 0 Å². The monoisotopic (exact) mass is 669 g/mol. The fourth-order valence-corrected chi connectivity index (χ4v) is 8.65. The molecular formula is C37H56ClN5O4. The quantitative estimate of drug-likeness (QED) is 0.449. The van der Waals surface area contributed by atoms with Crippen LogP contribution < -0.4 is 0 Å². The number of piperazine rings is 1. The van der Waals surface area contributed by atoms with Crippen molar-refractivity contribution >= 4 is 29.3 Å². The van der Waals surface area contributed by atoms with E-state index < -0.39 is 11.5 Å². The van der Waals surface area contributed by atoms with Gasteiger partial charge < -0.3 is 24.7 Å². The summed E-state index contributed by atoms with van der Waals surface area (Å²) in [7, 11) is 2.07. The first kappa shape index (κ1) is 34.7. The number of likely N-dealkylation sites (tertiary alicyclic amines) is 2. The maximum atomic E-state index is 14.9. The number of likely N-dealkylation sites (N-methyl/N-ethyl adjacent to an activating group) is 1. The highest BCUT2D eigenvalue weighted by atomic mass is 35.5. The third-order valence-corrected chi connectivity index (χ3v) is 12.2. The Morgan fingerprint density at radius 2 is 1.55 bits per heavy atom. The van der Waals surface area contributed by atoms with Crippen molar-refractivity contribution in [3.8, 4) is 0 Å². The minimum Gasteiger partial charge on any atom is -0.395 e. The van der Waals surface area contributed by atoms with Gasteiger partial charge >= 0.3 is 0 Å². The van der Waals surface area contributed by atoms with Gasteiger partial charge in [-0.1, -0.05) is 37.6 Å².